The molecular formula is C16H17NO4S. The minimum Gasteiger partial charge on any atom is -0.469 e. The van der Waals surface area contributed by atoms with E-state index in [2.05, 4.69) is 0 Å². The van der Waals surface area contributed by atoms with Gasteiger partial charge in [-0.25, -0.2) is 4.90 Å². The molecule has 0 aliphatic carbocycles. The van der Waals surface area contributed by atoms with Gasteiger partial charge in [-0.3, -0.25) is 4.79 Å². The Morgan fingerprint density at radius 1 is 1.23 bits per heavy atom. The Labute approximate surface area is 132 Å². The van der Waals surface area contributed by atoms with Gasteiger partial charge in [0.2, 0.25) is 0 Å². The van der Waals surface area contributed by atoms with Crippen LogP contribution in [0, 0.1) is 0 Å². The molecule has 22 heavy (non-hydrogen) atoms. The second-order valence-corrected chi connectivity index (χ2v) is 5.93. The Kier molecular flexibility index (Phi) is 4.26. The molecule has 0 bridgehead atoms. The van der Waals surface area contributed by atoms with Crippen LogP contribution in [0.15, 0.2) is 41.1 Å². The number of aliphatic hydroxyl groups excluding tert-OH is 2. The van der Waals surface area contributed by atoms with Crippen LogP contribution in [0.25, 0.3) is 0 Å². The zero-order chi connectivity index (χ0) is 15.7. The van der Waals surface area contributed by atoms with Gasteiger partial charge in [0.05, 0.1) is 19.6 Å². The van der Waals surface area contributed by atoms with Crippen LogP contribution in [-0.2, 0) is 9.53 Å². The lowest BCUT2D eigenvalue weighted by Gasteiger charge is -2.33. The Morgan fingerprint density at radius 3 is 2.36 bits per heavy atom. The lowest BCUT2D eigenvalue weighted by molar-refractivity contribution is -0.148. The average molecular weight is 319 g/mol. The van der Waals surface area contributed by atoms with Crippen molar-refractivity contribution in [3.05, 3.63) is 57.8 Å². The molecule has 6 heteroatoms. The highest BCUT2D eigenvalue weighted by atomic mass is 32.1. The number of methoxy groups -OCH3 is 1. The van der Waals surface area contributed by atoms with E-state index in [4.69, 9.17) is 4.74 Å². The number of hydrogen-bond acceptors (Lipinski definition) is 6. The van der Waals surface area contributed by atoms with Crippen molar-refractivity contribution in [1.29, 1.82) is 0 Å². The number of nitrogens with zero attached hydrogens (tertiary/aromatic N) is 1. The summed E-state index contributed by atoms with van der Waals surface area (Å²) in [6.07, 6.45) is -1.82. The number of carbonyl (C=O) groups excluding carboxylic acids is 1. The largest absolute Gasteiger partial charge is 0.469 e. The summed E-state index contributed by atoms with van der Waals surface area (Å²) in [5, 5.41) is 24.7. The Bertz CT molecular complexity index is 633. The SMILES string of the molecule is COC(=O)CC(c1ccccc1)N1C(O)c2cscc2C1O. The fourth-order valence-corrected chi connectivity index (χ4v) is 3.72. The molecule has 0 saturated heterocycles. The normalized spacial score (nSPS) is 22.3. The molecule has 0 spiro atoms. The molecule has 3 unspecified atom stereocenters. The predicted octanol–water partition coefficient (Wildman–Crippen LogP) is 2.35. The van der Waals surface area contributed by atoms with E-state index in [0.29, 0.717) is 11.1 Å². The maximum atomic E-state index is 11.8. The summed E-state index contributed by atoms with van der Waals surface area (Å²) >= 11 is 1.44. The molecule has 2 heterocycles. The third-order valence-corrected chi connectivity index (χ3v) is 4.76. The van der Waals surface area contributed by atoms with Crippen LogP contribution in [0.5, 0.6) is 0 Å². The van der Waals surface area contributed by atoms with Crippen LogP contribution in [0.4, 0.5) is 0 Å². The minimum absolute atomic E-state index is 0.0579. The Morgan fingerprint density at radius 2 is 1.82 bits per heavy atom. The molecule has 2 N–H and O–H groups in total. The van der Waals surface area contributed by atoms with Crippen molar-refractivity contribution in [3.63, 3.8) is 0 Å². The number of esters is 1. The number of ether oxygens (including phenoxy) is 1. The second kappa shape index (κ2) is 6.18. The topological polar surface area (TPSA) is 70.0 Å². The molecule has 1 aliphatic heterocycles. The summed E-state index contributed by atoms with van der Waals surface area (Å²) < 4.78 is 4.76. The molecule has 0 amide bonds. The zero-order valence-electron chi connectivity index (χ0n) is 12.0. The number of aliphatic hydroxyl groups is 2. The van der Waals surface area contributed by atoms with Gasteiger partial charge in [0.25, 0.3) is 0 Å². The van der Waals surface area contributed by atoms with Crippen LogP contribution in [-0.4, -0.2) is 28.2 Å². The van der Waals surface area contributed by atoms with Gasteiger partial charge < -0.3 is 14.9 Å². The third kappa shape index (κ3) is 2.55. The molecule has 1 aromatic heterocycles. The number of thiophene rings is 1. The van der Waals surface area contributed by atoms with E-state index in [1.165, 1.54) is 18.4 Å². The van der Waals surface area contributed by atoms with Gasteiger partial charge in [-0.05, 0) is 16.3 Å². The highest BCUT2D eigenvalue weighted by molar-refractivity contribution is 7.08. The number of fused-ring (bicyclic) bond motifs is 1. The predicted molar refractivity (Wildman–Crippen MR) is 81.9 cm³/mol. The number of carbonyl (C=O) groups is 1. The molecule has 0 radical (unpaired) electrons. The van der Waals surface area contributed by atoms with E-state index >= 15 is 0 Å². The first-order chi connectivity index (χ1) is 10.6. The molecule has 0 fully saturated rings. The molecule has 2 aromatic rings. The molecule has 116 valence electrons. The fraction of sp³-hybridized carbons (Fsp3) is 0.312. The number of benzene rings is 1. The van der Waals surface area contributed by atoms with E-state index < -0.39 is 18.5 Å². The highest BCUT2D eigenvalue weighted by Crippen LogP contribution is 2.47. The van der Waals surface area contributed by atoms with Gasteiger partial charge in [0.1, 0.15) is 12.5 Å². The molecule has 1 aliphatic rings. The van der Waals surface area contributed by atoms with Crippen molar-refractivity contribution < 1.29 is 19.7 Å². The van der Waals surface area contributed by atoms with Crippen molar-refractivity contribution >= 4 is 17.3 Å². The molecule has 3 atom stereocenters. The summed E-state index contributed by atoms with van der Waals surface area (Å²) in [6.45, 7) is 0. The third-order valence-electron chi connectivity index (χ3n) is 3.98. The van der Waals surface area contributed by atoms with Crippen LogP contribution in [0.1, 0.15) is 41.6 Å². The van der Waals surface area contributed by atoms with E-state index in [1.807, 2.05) is 41.1 Å². The maximum absolute atomic E-state index is 11.8. The monoisotopic (exact) mass is 319 g/mol. The second-order valence-electron chi connectivity index (χ2n) is 5.18. The quantitative estimate of drug-likeness (QED) is 0.847. The molecule has 3 rings (SSSR count). The lowest BCUT2D eigenvalue weighted by Crippen LogP contribution is -2.32. The first-order valence-electron chi connectivity index (χ1n) is 6.94. The molecule has 1 aromatic carbocycles. The van der Waals surface area contributed by atoms with Gasteiger partial charge in [0.15, 0.2) is 0 Å². The zero-order valence-corrected chi connectivity index (χ0v) is 12.9. The Balaban J connectivity index is 1.96. The van der Waals surface area contributed by atoms with Crippen LogP contribution in [0.2, 0.25) is 0 Å². The average Bonchev–Trinajstić information content (AvgIpc) is 3.11. The Hall–Kier alpha value is -1.73. The van der Waals surface area contributed by atoms with Gasteiger partial charge in [-0.1, -0.05) is 30.3 Å². The van der Waals surface area contributed by atoms with Gasteiger partial charge >= 0.3 is 5.97 Å². The first kappa shape index (κ1) is 15.2. The van der Waals surface area contributed by atoms with E-state index in [1.54, 1.807) is 4.90 Å². The summed E-state index contributed by atoms with van der Waals surface area (Å²) in [4.78, 5) is 13.3. The van der Waals surface area contributed by atoms with Crippen molar-refractivity contribution in [2.75, 3.05) is 7.11 Å². The summed E-state index contributed by atoms with van der Waals surface area (Å²) in [7, 11) is 1.33. The van der Waals surface area contributed by atoms with E-state index in [-0.39, 0.29) is 12.4 Å². The lowest BCUT2D eigenvalue weighted by atomic mass is 10.0. The molecular weight excluding hydrogens is 302 g/mol. The van der Waals surface area contributed by atoms with Crippen molar-refractivity contribution in [2.45, 2.75) is 24.9 Å². The van der Waals surface area contributed by atoms with Crippen LogP contribution < -0.4 is 0 Å². The fourth-order valence-electron chi connectivity index (χ4n) is 2.84. The minimum atomic E-state index is -0.939. The van der Waals surface area contributed by atoms with Crippen molar-refractivity contribution in [2.24, 2.45) is 0 Å². The van der Waals surface area contributed by atoms with Crippen molar-refractivity contribution in [1.82, 2.24) is 4.90 Å². The molecule has 5 nitrogen and oxygen atoms in total. The standard InChI is InChI=1S/C16H17NO4S/c1-21-14(18)7-13(10-5-3-2-4-6-10)17-15(19)11-8-22-9-12(11)16(17)20/h2-6,8-9,13,15-16,19-20H,7H2,1H3. The van der Waals surface area contributed by atoms with E-state index in [9.17, 15) is 15.0 Å². The first-order valence-corrected chi connectivity index (χ1v) is 7.89. The van der Waals surface area contributed by atoms with Crippen LogP contribution >= 0.6 is 11.3 Å². The summed E-state index contributed by atoms with van der Waals surface area (Å²) in [5.41, 5.74) is 2.24. The van der Waals surface area contributed by atoms with Crippen LogP contribution in [0.3, 0.4) is 0 Å². The smallest absolute Gasteiger partial charge is 0.307 e. The van der Waals surface area contributed by atoms with E-state index in [0.717, 1.165) is 5.56 Å². The van der Waals surface area contributed by atoms with Gasteiger partial charge in [-0.2, -0.15) is 11.3 Å². The molecule has 0 saturated carbocycles. The maximum Gasteiger partial charge on any atom is 0.307 e. The summed E-state index contributed by atoms with van der Waals surface area (Å²) in [5.74, 6) is -0.386. The number of hydrogen-bond donors (Lipinski definition) is 2. The number of rotatable bonds is 4. The van der Waals surface area contributed by atoms with Gasteiger partial charge in [0, 0.05) is 11.1 Å². The van der Waals surface area contributed by atoms with Gasteiger partial charge in [-0.15, -0.1) is 0 Å². The summed E-state index contributed by atoms with van der Waals surface area (Å²) in [6, 6.07) is 8.90. The van der Waals surface area contributed by atoms with Crippen molar-refractivity contribution in [3.8, 4) is 0 Å². The highest BCUT2D eigenvalue weighted by Gasteiger charge is 2.42.